The van der Waals surface area contributed by atoms with Gasteiger partial charge in [0.05, 0.1) is 11.5 Å². The van der Waals surface area contributed by atoms with Crippen molar-refractivity contribution < 1.29 is 4.42 Å². The first-order valence-corrected chi connectivity index (χ1v) is 7.83. The molecule has 0 aliphatic heterocycles. The van der Waals surface area contributed by atoms with Crippen LogP contribution in [0.25, 0.3) is 0 Å². The van der Waals surface area contributed by atoms with Gasteiger partial charge in [0.15, 0.2) is 0 Å². The van der Waals surface area contributed by atoms with Crippen LogP contribution in [-0.4, -0.2) is 6.04 Å². The van der Waals surface area contributed by atoms with Crippen molar-refractivity contribution in [1.82, 2.24) is 0 Å². The molecule has 2 nitrogen and oxygen atoms in total. The van der Waals surface area contributed by atoms with Crippen molar-refractivity contribution in [3.05, 3.63) is 38.9 Å². The molecule has 17 heavy (non-hydrogen) atoms. The number of thiophene rings is 1. The molecular weight excluding hydrogens is 318 g/mol. The van der Waals surface area contributed by atoms with E-state index in [0.717, 1.165) is 15.1 Å². The zero-order valence-electron chi connectivity index (χ0n) is 9.64. The van der Waals surface area contributed by atoms with Crippen molar-refractivity contribution in [1.29, 1.82) is 0 Å². The molecule has 0 aliphatic rings. The fraction of sp³-hybridized carbons (Fsp3) is 0.333. The highest BCUT2D eigenvalue weighted by Gasteiger charge is 2.21. The maximum Gasteiger partial charge on any atom is 0.114 e. The lowest BCUT2D eigenvalue weighted by molar-refractivity contribution is 0.526. The van der Waals surface area contributed by atoms with Crippen molar-refractivity contribution in [3.8, 4) is 0 Å². The summed E-state index contributed by atoms with van der Waals surface area (Å²) in [5, 5.41) is 2.36. The van der Waals surface area contributed by atoms with Crippen LogP contribution in [0.2, 0.25) is 0 Å². The van der Waals surface area contributed by atoms with Crippen LogP contribution in [0.4, 0.5) is 0 Å². The normalized spacial score (nSPS) is 14.8. The van der Waals surface area contributed by atoms with Gasteiger partial charge in [0.2, 0.25) is 0 Å². The molecule has 0 amide bonds. The van der Waals surface area contributed by atoms with Crippen molar-refractivity contribution in [2.24, 2.45) is 5.73 Å². The summed E-state index contributed by atoms with van der Waals surface area (Å²) in [5.74, 6) is 0.955. The molecule has 0 fully saturated rings. The molecule has 5 heteroatoms. The Balaban J connectivity index is 2.22. The van der Waals surface area contributed by atoms with E-state index in [-0.39, 0.29) is 11.3 Å². The maximum atomic E-state index is 6.08. The standard InChI is InChI=1S/C12H14BrNOS2/c1-7(14)12(11-5-9(13)6-16-11)17-10-3-4-15-8(10)2/h3-7,12H,14H2,1-2H3. The largest absolute Gasteiger partial charge is 0.468 e. The van der Waals surface area contributed by atoms with Crippen molar-refractivity contribution >= 4 is 39.0 Å². The molecule has 0 spiro atoms. The molecule has 2 aromatic rings. The minimum absolute atomic E-state index is 0.0971. The summed E-state index contributed by atoms with van der Waals surface area (Å²) in [6, 6.07) is 4.24. The summed E-state index contributed by atoms with van der Waals surface area (Å²) < 4.78 is 6.44. The van der Waals surface area contributed by atoms with E-state index in [2.05, 4.69) is 27.4 Å². The summed E-state index contributed by atoms with van der Waals surface area (Å²) in [6.07, 6.45) is 1.72. The molecule has 0 bridgehead atoms. The number of halogens is 1. The summed E-state index contributed by atoms with van der Waals surface area (Å²) in [4.78, 5) is 2.45. The zero-order chi connectivity index (χ0) is 12.4. The van der Waals surface area contributed by atoms with E-state index >= 15 is 0 Å². The Kier molecular flexibility index (Phi) is 4.36. The molecule has 0 aromatic carbocycles. The number of thioether (sulfide) groups is 1. The fourth-order valence-electron chi connectivity index (χ4n) is 1.53. The second-order valence-electron chi connectivity index (χ2n) is 3.91. The van der Waals surface area contributed by atoms with Gasteiger partial charge in [-0.3, -0.25) is 0 Å². The van der Waals surface area contributed by atoms with Gasteiger partial charge in [0.25, 0.3) is 0 Å². The van der Waals surface area contributed by atoms with Gasteiger partial charge in [-0.15, -0.1) is 23.1 Å². The molecule has 2 unspecified atom stereocenters. The third-order valence-corrected chi connectivity index (χ3v) is 5.95. The molecule has 2 aromatic heterocycles. The highest BCUT2D eigenvalue weighted by molar-refractivity contribution is 9.10. The number of furan rings is 1. The van der Waals surface area contributed by atoms with Crippen LogP contribution in [0, 0.1) is 6.92 Å². The quantitative estimate of drug-likeness (QED) is 0.832. The predicted molar refractivity (Wildman–Crippen MR) is 77.7 cm³/mol. The van der Waals surface area contributed by atoms with Gasteiger partial charge in [-0.05, 0) is 41.9 Å². The number of aryl methyl sites for hydroxylation is 1. The molecule has 0 saturated heterocycles. The summed E-state index contributed by atoms with van der Waals surface area (Å²) >= 11 is 6.99. The minimum Gasteiger partial charge on any atom is -0.468 e. The highest BCUT2D eigenvalue weighted by Crippen LogP contribution is 2.41. The molecule has 2 rings (SSSR count). The molecule has 2 atom stereocenters. The van der Waals surface area contributed by atoms with Crippen LogP contribution in [0.1, 0.15) is 22.8 Å². The van der Waals surface area contributed by atoms with E-state index in [1.54, 1.807) is 29.4 Å². The van der Waals surface area contributed by atoms with Gasteiger partial charge in [-0.2, -0.15) is 0 Å². The van der Waals surface area contributed by atoms with E-state index in [1.165, 1.54) is 4.88 Å². The molecule has 92 valence electrons. The summed E-state index contributed by atoms with van der Waals surface area (Å²) in [6.45, 7) is 4.02. The second-order valence-corrected chi connectivity index (χ2v) is 6.95. The number of nitrogens with two attached hydrogens (primary N) is 1. The first kappa shape index (κ1) is 13.2. The first-order valence-electron chi connectivity index (χ1n) is 5.28. The van der Waals surface area contributed by atoms with Crippen LogP contribution in [0.5, 0.6) is 0 Å². The summed E-state index contributed by atoms with van der Waals surface area (Å²) in [7, 11) is 0. The lowest BCUT2D eigenvalue weighted by atomic mass is 10.2. The molecule has 0 radical (unpaired) electrons. The van der Waals surface area contributed by atoms with Crippen LogP contribution in [-0.2, 0) is 0 Å². The minimum atomic E-state index is 0.0971. The molecule has 2 heterocycles. The highest BCUT2D eigenvalue weighted by atomic mass is 79.9. The zero-order valence-corrected chi connectivity index (χ0v) is 12.9. The van der Waals surface area contributed by atoms with Crippen molar-refractivity contribution in [2.75, 3.05) is 0 Å². The van der Waals surface area contributed by atoms with E-state index in [9.17, 15) is 0 Å². The Hall–Kier alpha value is -0.230. The van der Waals surface area contributed by atoms with Crippen LogP contribution >= 0.6 is 39.0 Å². The van der Waals surface area contributed by atoms with E-state index < -0.39 is 0 Å². The molecule has 0 saturated carbocycles. The first-order chi connectivity index (χ1) is 8.08. The van der Waals surface area contributed by atoms with Gasteiger partial charge in [-0.25, -0.2) is 0 Å². The van der Waals surface area contributed by atoms with Gasteiger partial charge in [0.1, 0.15) is 5.76 Å². The third kappa shape index (κ3) is 3.16. The van der Waals surface area contributed by atoms with Gasteiger partial charge >= 0.3 is 0 Å². The summed E-state index contributed by atoms with van der Waals surface area (Å²) in [5.41, 5.74) is 6.08. The second kappa shape index (κ2) is 5.61. The average Bonchev–Trinajstić information content (AvgIpc) is 2.84. The maximum absolute atomic E-state index is 6.08. The fourth-order valence-corrected chi connectivity index (χ4v) is 4.40. The van der Waals surface area contributed by atoms with Crippen molar-refractivity contribution in [3.63, 3.8) is 0 Å². The van der Waals surface area contributed by atoms with E-state index in [4.69, 9.17) is 10.2 Å². The van der Waals surface area contributed by atoms with E-state index in [0.29, 0.717) is 0 Å². The van der Waals surface area contributed by atoms with Gasteiger partial charge in [-0.1, -0.05) is 0 Å². The van der Waals surface area contributed by atoms with Crippen LogP contribution in [0.3, 0.4) is 0 Å². The average molecular weight is 332 g/mol. The lowest BCUT2D eigenvalue weighted by Gasteiger charge is -2.18. The Morgan fingerprint density at radius 3 is 2.76 bits per heavy atom. The van der Waals surface area contributed by atoms with Gasteiger partial charge in [0, 0.05) is 25.7 Å². The van der Waals surface area contributed by atoms with Crippen LogP contribution in [0.15, 0.2) is 37.6 Å². The number of hydrogen-bond donors (Lipinski definition) is 1. The molecule has 0 aliphatic carbocycles. The topological polar surface area (TPSA) is 39.2 Å². The Morgan fingerprint density at radius 2 is 2.29 bits per heavy atom. The smallest absolute Gasteiger partial charge is 0.114 e. The molecular formula is C12H14BrNOS2. The van der Waals surface area contributed by atoms with Crippen LogP contribution < -0.4 is 5.73 Å². The Labute approximate surface area is 118 Å². The third-order valence-electron chi connectivity index (χ3n) is 2.41. The van der Waals surface area contributed by atoms with E-state index in [1.807, 2.05) is 19.9 Å². The molecule has 2 N–H and O–H groups in total. The monoisotopic (exact) mass is 331 g/mol. The van der Waals surface area contributed by atoms with Crippen molar-refractivity contribution in [2.45, 2.75) is 30.0 Å². The lowest BCUT2D eigenvalue weighted by Crippen LogP contribution is -2.21. The predicted octanol–water partition coefficient (Wildman–Crippen LogP) is 4.59. The Bertz CT molecular complexity index is 492. The Morgan fingerprint density at radius 1 is 1.53 bits per heavy atom. The number of rotatable bonds is 4. The number of hydrogen-bond acceptors (Lipinski definition) is 4. The van der Waals surface area contributed by atoms with Gasteiger partial charge < -0.3 is 10.2 Å². The SMILES string of the molecule is Cc1occc1SC(c1cc(Br)cs1)C(C)N.